The minimum absolute atomic E-state index is 0.435. The fourth-order valence-corrected chi connectivity index (χ4v) is 2.77. The van der Waals surface area contributed by atoms with Gasteiger partial charge in [-0.3, -0.25) is 4.98 Å². The Kier molecular flexibility index (Phi) is 6.04. The molecule has 1 heterocycles. The molecule has 0 aliphatic carbocycles. The molecule has 21 heavy (non-hydrogen) atoms. The first kappa shape index (κ1) is 15.8. The highest BCUT2D eigenvalue weighted by Gasteiger charge is 2.12. The second kappa shape index (κ2) is 8.02. The maximum atomic E-state index is 8.88. The number of benzene rings is 1. The summed E-state index contributed by atoms with van der Waals surface area (Å²) in [5.74, 6) is 0.435. The first-order chi connectivity index (χ1) is 10.2. The van der Waals surface area contributed by atoms with Crippen molar-refractivity contribution in [3.8, 4) is 6.07 Å². The van der Waals surface area contributed by atoms with Gasteiger partial charge in [-0.1, -0.05) is 22.0 Å². The van der Waals surface area contributed by atoms with Crippen molar-refractivity contribution < 1.29 is 0 Å². The molecule has 2 aromatic rings. The van der Waals surface area contributed by atoms with Crippen LogP contribution in [0.25, 0.3) is 0 Å². The van der Waals surface area contributed by atoms with Crippen molar-refractivity contribution in [3.63, 3.8) is 0 Å². The third-order valence-corrected chi connectivity index (χ3v) is 3.90. The third-order valence-electron chi connectivity index (χ3n) is 3.12. The van der Waals surface area contributed by atoms with E-state index in [1.165, 1.54) is 0 Å². The largest absolute Gasteiger partial charge is 0.366 e. The summed E-state index contributed by atoms with van der Waals surface area (Å²) in [5.41, 5.74) is 3.22. The van der Waals surface area contributed by atoms with Gasteiger partial charge in [0.1, 0.15) is 0 Å². The van der Waals surface area contributed by atoms with Crippen LogP contribution in [0.15, 0.2) is 47.2 Å². The van der Waals surface area contributed by atoms with Crippen molar-refractivity contribution in [1.29, 1.82) is 5.26 Å². The lowest BCUT2D eigenvalue weighted by atomic mass is 10.1. The van der Waals surface area contributed by atoms with E-state index < -0.39 is 0 Å². The van der Waals surface area contributed by atoms with Gasteiger partial charge in [0, 0.05) is 41.5 Å². The molecule has 3 nitrogen and oxygen atoms in total. The zero-order valence-electron chi connectivity index (χ0n) is 11.5. The summed E-state index contributed by atoms with van der Waals surface area (Å²) >= 11 is 9.53. The summed E-state index contributed by atoms with van der Waals surface area (Å²) in [6.45, 7) is 1.37. The monoisotopic (exact) mass is 363 g/mol. The van der Waals surface area contributed by atoms with Crippen molar-refractivity contribution in [2.45, 2.75) is 18.8 Å². The predicted molar refractivity (Wildman–Crippen MR) is 89.2 cm³/mol. The average Bonchev–Trinajstić information content (AvgIpc) is 2.52. The molecule has 0 spiro atoms. The lowest BCUT2D eigenvalue weighted by Crippen LogP contribution is -2.24. The third kappa shape index (κ3) is 4.45. The number of rotatable bonds is 6. The summed E-state index contributed by atoms with van der Waals surface area (Å²) in [7, 11) is 0. The highest BCUT2D eigenvalue weighted by atomic mass is 79.9. The van der Waals surface area contributed by atoms with Gasteiger partial charge >= 0.3 is 0 Å². The van der Waals surface area contributed by atoms with Gasteiger partial charge in [0.15, 0.2) is 0 Å². The normalized spacial score (nSPS) is 10.1. The van der Waals surface area contributed by atoms with Crippen LogP contribution in [0.4, 0.5) is 5.69 Å². The fourth-order valence-electron chi connectivity index (χ4n) is 2.15. The molecule has 1 aromatic carbocycles. The van der Waals surface area contributed by atoms with Crippen molar-refractivity contribution >= 4 is 33.2 Å². The number of pyridine rings is 1. The highest BCUT2D eigenvalue weighted by Crippen LogP contribution is 2.27. The number of halogens is 2. The molecular formula is C16H15BrClN3. The number of aromatic nitrogens is 1. The van der Waals surface area contributed by atoms with Gasteiger partial charge < -0.3 is 4.90 Å². The second-order valence-corrected chi connectivity index (χ2v) is 5.78. The summed E-state index contributed by atoms with van der Waals surface area (Å²) in [5, 5.41) is 8.88. The van der Waals surface area contributed by atoms with Gasteiger partial charge in [-0.05, 0) is 35.4 Å². The van der Waals surface area contributed by atoms with Gasteiger partial charge in [0.05, 0.1) is 12.5 Å². The molecule has 0 bridgehead atoms. The molecule has 0 saturated carbocycles. The van der Waals surface area contributed by atoms with Crippen molar-refractivity contribution in [1.82, 2.24) is 4.98 Å². The minimum atomic E-state index is 0.435. The molecule has 0 atom stereocenters. The van der Waals surface area contributed by atoms with E-state index in [2.05, 4.69) is 31.9 Å². The van der Waals surface area contributed by atoms with Crippen LogP contribution in [-0.4, -0.2) is 11.5 Å². The van der Waals surface area contributed by atoms with Crippen LogP contribution in [0.2, 0.25) is 0 Å². The molecule has 1 aromatic heterocycles. The molecular weight excluding hydrogens is 350 g/mol. The molecule has 2 rings (SSSR count). The fraction of sp³-hybridized carbons (Fsp3) is 0.250. The minimum Gasteiger partial charge on any atom is -0.366 e. The molecule has 0 N–H and O–H groups in total. The van der Waals surface area contributed by atoms with Crippen molar-refractivity contribution in [2.24, 2.45) is 0 Å². The number of anilines is 1. The van der Waals surface area contributed by atoms with Crippen LogP contribution in [-0.2, 0) is 12.4 Å². The quantitative estimate of drug-likeness (QED) is 0.708. The average molecular weight is 365 g/mol. The van der Waals surface area contributed by atoms with Gasteiger partial charge in [0.2, 0.25) is 0 Å². The molecule has 0 aliphatic heterocycles. The Morgan fingerprint density at radius 2 is 2.19 bits per heavy atom. The Morgan fingerprint density at radius 3 is 2.86 bits per heavy atom. The lowest BCUT2D eigenvalue weighted by molar-refractivity contribution is 0.791. The smallest absolute Gasteiger partial charge is 0.0640 e. The van der Waals surface area contributed by atoms with Crippen molar-refractivity contribution in [3.05, 3.63) is 58.3 Å². The Morgan fingerprint density at radius 1 is 1.33 bits per heavy atom. The van der Waals surface area contributed by atoms with Gasteiger partial charge in [-0.15, -0.1) is 11.6 Å². The van der Waals surface area contributed by atoms with E-state index >= 15 is 0 Å². The maximum Gasteiger partial charge on any atom is 0.0640 e. The maximum absolute atomic E-state index is 8.88. The lowest BCUT2D eigenvalue weighted by Gasteiger charge is -2.26. The van der Waals surface area contributed by atoms with Crippen LogP contribution in [0.1, 0.15) is 17.5 Å². The number of alkyl halides is 1. The summed E-state index contributed by atoms with van der Waals surface area (Å²) in [6, 6.07) is 12.2. The van der Waals surface area contributed by atoms with Crippen LogP contribution < -0.4 is 4.90 Å². The number of nitrogens with zero attached hydrogens (tertiary/aromatic N) is 3. The SMILES string of the molecule is N#CCCN(Cc1cccnc1)c1ccc(Br)cc1CCl. The first-order valence-electron chi connectivity index (χ1n) is 6.60. The van der Waals surface area contributed by atoms with E-state index in [0.29, 0.717) is 25.4 Å². The molecule has 108 valence electrons. The van der Waals surface area contributed by atoms with E-state index in [-0.39, 0.29) is 0 Å². The molecule has 0 fully saturated rings. The topological polar surface area (TPSA) is 39.9 Å². The molecule has 0 amide bonds. The second-order valence-electron chi connectivity index (χ2n) is 4.60. The van der Waals surface area contributed by atoms with Crippen LogP contribution >= 0.6 is 27.5 Å². The predicted octanol–water partition coefficient (Wildman–Crippen LogP) is 4.50. The van der Waals surface area contributed by atoms with Gasteiger partial charge in [0.25, 0.3) is 0 Å². The van der Waals surface area contributed by atoms with E-state index in [1.54, 1.807) is 6.20 Å². The number of nitriles is 1. The van der Waals surface area contributed by atoms with E-state index in [4.69, 9.17) is 16.9 Å². The van der Waals surface area contributed by atoms with Gasteiger partial charge in [-0.25, -0.2) is 0 Å². The summed E-state index contributed by atoms with van der Waals surface area (Å²) < 4.78 is 1.00. The molecule has 0 radical (unpaired) electrons. The molecule has 0 unspecified atom stereocenters. The molecule has 0 aliphatic rings. The zero-order valence-corrected chi connectivity index (χ0v) is 13.8. The van der Waals surface area contributed by atoms with Crippen LogP contribution in [0.5, 0.6) is 0 Å². The van der Waals surface area contributed by atoms with Gasteiger partial charge in [-0.2, -0.15) is 5.26 Å². The Balaban J connectivity index is 2.29. The van der Waals surface area contributed by atoms with Crippen LogP contribution in [0, 0.1) is 11.3 Å². The Hall–Kier alpha value is -1.57. The number of hydrogen-bond acceptors (Lipinski definition) is 3. The van der Waals surface area contributed by atoms with E-state index in [0.717, 1.165) is 21.3 Å². The molecule has 0 saturated heterocycles. The number of hydrogen-bond donors (Lipinski definition) is 0. The molecule has 5 heteroatoms. The summed E-state index contributed by atoms with van der Waals surface area (Å²) in [4.78, 5) is 6.31. The zero-order chi connectivity index (χ0) is 15.1. The standard InChI is InChI=1S/C16H15BrClN3/c17-15-4-5-16(14(9-15)10-18)21(8-2-6-19)12-13-3-1-7-20-11-13/h1,3-5,7,9,11H,2,8,10,12H2. The van der Waals surface area contributed by atoms with Crippen molar-refractivity contribution in [2.75, 3.05) is 11.4 Å². The summed E-state index contributed by atoms with van der Waals surface area (Å²) in [6.07, 6.45) is 4.07. The van der Waals surface area contributed by atoms with E-state index in [9.17, 15) is 0 Å². The highest BCUT2D eigenvalue weighted by molar-refractivity contribution is 9.10. The first-order valence-corrected chi connectivity index (χ1v) is 7.92. The Bertz CT molecular complexity index is 625. The van der Waals surface area contributed by atoms with E-state index in [1.807, 2.05) is 36.5 Å². The van der Waals surface area contributed by atoms with Crippen LogP contribution in [0.3, 0.4) is 0 Å². The Labute approximate surface area is 138 Å².